The fourth-order valence-corrected chi connectivity index (χ4v) is 0.788. The maximum Gasteiger partial charge on any atom is 0.154 e. The third kappa shape index (κ3) is 1.74. The highest BCUT2D eigenvalue weighted by Crippen LogP contribution is 2.34. The van der Waals surface area contributed by atoms with Gasteiger partial charge in [-0.2, -0.15) is 0 Å². The summed E-state index contributed by atoms with van der Waals surface area (Å²) >= 11 is 0. The second-order valence-corrected chi connectivity index (χ2v) is 2.81. The van der Waals surface area contributed by atoms with Gasteiger partial charge in [0.05, 0.1) is 0 Å². The molecule has 2 unspecified atom stereocenters. The van der Waals surface area contributed by atoms with E-state index in [1.54, 1.807) is 13.0 Å². The van der Waals surface area contributed by atoms with Gasteiger partial charge in [-0.25, -0.2) is 0 Å². The molecule has 1 heterocycles. The zero-order valence-electron chi connectivity index (χ0n) is 6.53. The SMILES string of the molecule is CC(=O)/C=C/C1OC1(C)C=O. The summed E-state index contributed by atoms with van der Waals surface area (Å²) < 4.78 is 5.00. The molecule has 0 aromatic rings. The first-order valence-corrected chi connectivity index (χ1v) is 3.41. The Morgan fingerprint density at radius 2 is 2.27 bits per heavy atom. The van der Waals surface area contributed by atoms with Gasteiger partial charge in [-0.05, 0) is 26.0 Å². The van der Waals surface area contributed by atoms with E-state index < -0.39 is 5.60 Å². The van der Waals surface area contributed by atoms with E-state index in [0.717, 1.165) is 6.29 Å². The van der Waals surface area contributed by atoms with Gasteiger partial charge in [0.25, 0.3) is 0 Å². The van der Waals surface area contributed by atoms with Crippen molar-refractivity contribution in [2.45, 2.75) is 25.6 Å². The van der Waals surface area contributed by atoms with Crippen molar-refractivity contribution in [2.75, 3.05) is 0 Å². The number of aldehydes is 1. The molecule has 0 N–H and O–H groups in total. The van der Waals surface area contributed by atoms with Gasteiger partial charge in [-0.1, -0.05) is 0 Å². The number of hydrogen-bond donors (Lipinski definition) is 0. The van der Waals surface area contributed by atoms with Crippen LogP contribution in [-0.4, -0.2) is 23.8 Å². The summed E-state index contributed by atoms with van der Waals surface area (Å²) in [5.41, 5.74) is -0.675. The van der Waals surface area contributed by atoms with E-state index in [1.807, 2.05) is 0 Å². The van der Waals surface area contributed by atoms with Gasteiger partial charge in [0.2, 0.25) is 0 Å². The molecule has 2 atom stereocenters. The molecule has 3 nitrogen and oxygen atoms in total. The van der Waals surface area contributed by atoms with Gasteiger partial charge in [0.1, 0.15) is 6.10 Å². The third-order valence-electron chi connectivity index (χ3n) is 1.63. The smallest absolute Gasteiger partial charge is 0.154 e. The molecule has 0 aliphatic carbocycles. The fraction of sp³-hybridized carbons (Fsp3) is 0.500. The maximum absolute atomic E-state index is 10.4. The van der Waals surface area contributed by atoms with Crippen molar-refractivity contribution >= 4 is 12.1 Å². The van der Waals surface area contributed by atoms with Crippen LogP contribution >= 0.6 is 0 Å². The molecular formula is C8H10O3. The second-order valence-electron chi connectivity index (χ2n) is 2.81. The minimum Gasteiger partial charge on any atom is -0.354 e. The van der Waals surface area contributed by atoms with Crippen molar-refractivity contribution in [3.05, 3.63) is 12.2 Å². The number of ether oxygens (including phenoxy) is 1. The van der Waals surface area contributed by atoms with E-state index in [2.05, 4.69) is 0 Å². The van der Waals surface area contributed by atoms with E-state index >= 15 is 0 Å². The van der Waals surface area contributed by atoms with Crippen LogP contribution in [0.5, 0.6) is 0 Å². The van der Waals surface area contributed by atoms with Crippen LogP contribution in [0.2, 0.25) is 0 Å². The molecule has 1 aliphatic heterocycles. The molecule has 3 heteroatoms. The lowest BCUT2D eigenvalue weighted by atomic mass is 10.1. The van der Waals surface area contributed by atoms with Crippen molar-refractivity contribution in [1.82, 2.24) is 0 Å². The van der Waals surface area contributed by atoms with Gasteiger partial charge >= 0.3 is 0 Å². The van der Waals surface area contributed by atoms with E-state index in [-0.39, 0.29) is 11.9 Å². The van der Waals surface area contributed by atoms with Crippen LogP contribution < -0.4 is 0 Å². The molecule has 1 fully saturated rings. The highest BCUT2D eigenvalue weighted by molar-refractivity contribution is 5.87. The molecule has 11 heavy (non-hydrogen) atoms. The number of ketones is 1. The first kappa shape index (κ1) is 8.14. The average Bonchev–Trinajstić information content (AvgIpc) is 2.59. The number of hydrogen-bond acceptors (Lipinski definition) is 3. The first-order valence-electron chi connectivity index (χ1n) is 3.41. The maximum atomic E-state index is 10.4. The highest BCUT2D eigenvalue weighted by atomic mass is 16.6. The summed E-state index contributed by atoms with van der Waals surface area (Å²) in [4.78, 5) is 20.7. The summed E-state index contributed by atoms with van der Waals surface area (Å²) in [5.74, 6) is -0.0336. The average molecular weight is 154 g/mol. The van der Waals surface area contributed by atoms with Crippen molar-refractivity contribution < 1.29 is 14.3 Å². The van der Waals surface area contributed by atoms with Crippen molar-refractivity contribution in [2.24, 2.45) is 0 Å². The summed E-state index contributed by atoms with van der Waals surface area (Å²) in [6.45, 7) is 3.15. The molecule has 1 rings (SSSR count). The second kappa shape index (κ2) is 2.58. The van der Waals surface area contributed by atoms with E-state index in [1.165, 1.54) is 13.0 Å². The van der Waals surface area contributed by atoms with Crippen LogP contribution in [0.15, 0.2) is 12.2 Å². The molecule has 0 saturated carbocycles. The van der Waals surface area contributed by atoms with E-state index in [4.69, 9.17) is 4.74 Å². The molecule has 60 valence electrons. The molecule has 0 aromatic heterocycles. The number of carbonyl (C=O) groups excluding carboxylic acids is 2. The predicted octanol–water partition coefficient (Wildman–Crippen LogP) is 0.488. The Morgan fingerprint density at radius 1 is 1.64 bits per heavy atom. The Bertz CT molecular complexity index is 219. The zero-order valence-corrected chi connectivity index (χ0v) is 6.53. The van der Waals surface area contributed by atoms with Gasteiger partial charge in [-0.15, -0.1) is 0 Å². The normalized spacial score (nSPS) is 35.6. The molecule has 1 aliphatic rings. The van der Waals surface area contributed by atoms with Crippen molar-refractivity contribution in [1.29, 1.82) is 0 Å². The summed E-state index contributed by atoms with van der Waals surface area (Å²) in [7, 11) is 0. The van der Waals surface area contributed by atoms with Crippen LogP contribution in [0.1, 0.15) is 13.8 Å². The molecule has 0 spiro atoms. The number of rotatable bonds is 3. The monoisotopic (exact) mass is 154 g/mol. The standard InChI is InChI=1S/C8H10O3/c1-6(10)3-4-7-8(2,5-9)11-7/h3-5,7H,1-2H3/b4-3+. The minimum atomic E-state index is -0.675. The topological polar surface area (TPSA) is 46.7 Å². The van der Waals surface area contributed by atoms with Crippen molar-refractivity contribution in [3.8, 4) is 0 Å². The summed E-state index contributed by atoms with van der Waals surface area (Å²) in [5, 5.41) is 0. The lowest BCUT2D eigenvalue weighted by Gasteiger charge is -1.86. The fourth-order valence-electron chi connectivity index (χ4n) is 0.788. The van der Waals surface area contributed by atoms with Crippen LogP contribution in [0, 0.1) is 0 Å². The van der Waals surface area contributed by atoms with Crippen LogP contribution in [0.4, 0.5) is 0 Å². The van der Waals surface area contributed by atoms with Gasteiger partial charge in [0, 0.05) is 0 Å². The predicted molar refractivity (Wildman–Crippen MR) is 39.2 cm³/mol. The van der Waals surface area contributed by atoms with Gasteiger partial charge in [0.15, 0.2) is 17.7 Å². The number of allylic oxidation sites excluding steroid dienone is 1. The molecule has 1 saturated heterocycles. The third-order valence-corrected chi connectivity index (χ3v) is 1.63. The lowest BCUT2D eigenvalue weighted by Crippen LogP contribution is -2.09. The Kier molecular flexibility index (Phi) is 1.91. The quantitative estimate of drug-likeness (QED) is 0.337. The van der Waals surface area contributed by atoms with Gasteiger partial charge in [-0.3, -0.25) is 4.79 Å². The Morgan fingerprint density at radius 3 is 2.64 bits per heavy atom. The molecule has 0 amide bonds. The molecular weight excluding hydrogens is 144 g/mol. The molecule has 0 bridgehead atoms. The van der Waals surface area contributed by atoms with E-state index in [0.29, 0.717) is 0 Å². The van der Waals surface area contributed by atoms with Crippen LogP contribution in [-0.2, 0) is 14.3 Å². The Balaban J connectivity index is 2.45. The van der Waals surface area contributed by atoms with Crippen LogP contribution in [0.25, 0.3) is 0 Å². The van der Waals surface area contributed by atoms with Crippen molar-refractivity contribution in [3.63, 3.8) is 0 Å². The number of epoxide rings is 1. The zero-order chi connectivity index (χ0) is 8.48. The Hall–Kier alpha value is -0.960. The molecule has 0 radical (unpaired) electrons. The van der Waals surface area contributed by atoms with Crippen LogP contribution in [0.3, 0.4) is 0 Å². The van der Waals surface area contributed by atoms with Gasteiger partial charge < -0.3 is 9.53 Å². The first-order chi connectivity index (χ1) is 5.08. The largest absolute Gasteiger partial charge is 0.354 e. The number of carbonyl (C=O) groups is 2. The Labute approximate surface area is 65.0 Å². The highest BCUT2D eigenvalue weighted by Gasteiger charge is 2.50. The minimum absolute atomic E-state index is 0.0336. The lowest BCUT2D eigenvalue weighted by molar-refractivity contribution is -0.113. The summed E-state index contributed by atoms with van der Waals surface area (Å²) in [6.07, 6.45) is 3.57. The van der Waals surface area contributed by atoms with E-state index in [9.17, 15) is 9.59 Å². The summed E-state index contributed by atoms with van der Waals surface area (Å²) in [6, 6.07) is 0. The molecule has 0 aromatic carbocycles.